The molecule has 0 aliphatic heterocycles. The largest absolute Gasteiger partial charge is 0.404 e. The third-order valence-corrected chi connectivity index (χ3v) is 5.59. The molecule has 1 aromatic heterocycles. The Bertz CT molecular complexity index is 711. The highest BCUT2D eigenvalue weighted by atomic mass is 79.9. The van der Waals surface area contributed by atoms with Crippen molar-refractivity contribution in [2.45, 2.75) is 9.74 Å². The van der Waals surface area contributed by atoms with E-state index in [1.165, 1.54) is 16.7 Å². The van der Waals surface area contributed by atoms with Crippen LogP contribution in [0.15, 0.2) is 28.1 Å². The Labute approximate surface area is 148 Å². The van der Waals surface area contributed by atoms with Crippen LogP contribution in [0.4, 0.5) is 8.78 Å². The van der Waals surface area contributed by atoms with Crippen LogP contribution in [0, 0.1) is 0 Å². The Morgan fingerprint density at radius 3 is 2.24 bits per heavy atom. The summed E-state index contributed by atoms with van der Waals surface area (Å²) in [5.74, 6) is 0. The quantitative estimate of drug-likeness (QED) is 0.570. The third-order valence-electron chi connectivity index (χ3n) is 2.29. The zero-order valence-electron chi connectivity index (χ0n) is 9.59. The molecule has 0 bridgehead atoms. The van der Waals surface area contributed by atoms with E-state index in [1.54, 1.807) is 0 Å². The summed E-state index contributed by atoms with van der Waals surface area (Å²) < 4.78 is 34.8. The van der Waals surface area contributed by atoms with Crippen molar-refractivity contribution >= 4 is 73.1 Å². The zero-order chi connectivity index (χ0) is 15.9. The maximum atomic E-state index is 12.9. The second-order valence-electron chi connectivity index (χ2n) is 3.64. The van der Waals surface area contributed by atoms with Crippen LogP contribution in [-0.4, -0.2) is 18.5 Å². The number of nitrogens with zero attached hydrogens (tertiary/aromatic N) is 2. The van der Waals surface area contributed by atoms with Gasteiger partial charge in [-0.05, 0) is 39.7 Å². The van der Waals surface area contributed by atoms with Crippen LogP contribution in [0.2, 0.25) is 15.1 Å². The predicted octanol–water partition coefficient (Wildman–Crippen LogP) is 5.49. The van der Waals surface area contributed by atoms with Gasteiger partial charge >= 0.3 is 4.71 Å². The van der Waals surface area contributed by atoms with E-state index in [-0.39, 0.29) is 20.3 Å². The molecule has 0 fully saturated rings. The Hall–Kier alpha value is 0.0800. The molecule has 0 aliphatic rings. The lowest BCUT2D eigenvalue weighted by Crippen LogP contribution is -2.15. The van der Waals surface area contributed by atoms with Gasteiger partial charge in [0, 0.05) is 5.02 Å². The van der Waals surface area contributed by atoms with Crippen molar-refractivity contribution in [1.29, 1.82) is 0 Å². The van der Waals surface area contributed by atoms with Gasteiger partial charge in [0.05, 0.1) is 15.7 Å². The van der Waals surface area contributed by atoms with Gasteiger partial charge in [0.25, 0.3) is 0 Å². The summed E-state index contributed by atoms with van der Waals surface area (Å²) in [5.41, 5.74) is 0.253. The molecule has 2 rings (SSSR count). The molecule has 0 radical (unpaired) electrons. The number of aromatic nitrogens is 2. The number of hydrogen-bond donors (Lipinski definition) is 0. The summed E-state index contributed by atoms with van der Waals surface area (Å²) in [7, 11) is -2.84. The molecule has 0 amide bonds. The fraction of sp³-hybridized carbons (Fsp3) is 0.100. The van der Waals surface area contributed by atoms with Gasteiger partial charge in [-0.1, -0.05) is 34.8 Å². The highest BCUT2D eigenvalue weighted by Crippen LogP contribution is 2.37. The molecular formula is C10H3BrCl4F2N2OS. The summed E-state index contributed by atoms with van der Waals surface area (Å²) >= 11 is 25.6. The first-order chi connectivity index (χ1) is 9.62. The molecule has 1 atom stereocenters. The van der Waals surface area contributed by atoms with Gasteiger partial charge < -0.3 is 0 Å². The van der Waals surface area contributed by atoms with Crippen LogP contribution >= 0.6 is 62.3 Å². The summed E-state index contributed by atoms with van der Waals surface area (Å²) in [6, 6.07) is 2.84. The van der Waals surface area contributed by atoms with Gasteiger partial charge in [-0.3, -0.25) is 4.57 Å². The van der Waals surface area contributed by atoms with Crippen molar-refractivity contribution in [3.8, 4) is 5.69 Å². The lowest BCUT2D eigenvalue weighted by molar-refractivity contribution is 0.195. The summed E-state index contributed by atoms with van der Waals surface area (Å²) in [6.45, 7) is 0. The van der Waals surface area contributed by atoms with E-state index >= 15 is 0 Å². The SMILES string of the molecule is O=S(c1ncn(-c2c(Cl)cc(Cl)cc2Cl)c1Br)C(F)(F)Cl. The maximum Gasteiger partial charge on any atom is 0.404 e. The van der Waals surface area contributed by atoms with Gasteiger partial charge in [-0.2, -0.15) is 8.78 Å². The molecule has 2 aromatic rings. The van der Waals surface area contributed by atoms with E-state index in [2.05, 4.69) is 20.9 Å². The molecule has 0 spiro atoms. The maximum absolute atomic E-state index is 12.9. The van der Waals surface area contributed by atoms with Crippen LogP contribution in [-0.2, 0) is 10.8 Å². The predicted molar refractivity (Wildman–Crippen MR) is 83.5 cm³/mol. The number of rotatable bonds is 3. The van der Waals surface area contributed by atoms with Gasteiger partial charge in [0.15, 0.2) is 15.8 Å². The first kappa shape index (κ1) is 17.4. The fourth-order valence-electron chi connectivity index (χ4n) is 1.47. The first-order valence-electron chi connectivity index (χ1n) is 4.99. The Kier molecular flexibility index (Phi) is 5.23. The number of halogens is 7. The van der Waals surface area contributed by atoms with Gasteiger partial charge in [-0.25, -0.2) is 9.19 Å². The molecule has 11 heteroatoms. The Morgan fingerprint density at radius 2 is 1.76 bits per heavy atom. The monoisotopic (exact) mass is 456 g/mol. The van der Waals surface area contributed by atoms with Crippen molar-refractivity contribution in [3.05, 3.63) is 38.1 Å². The Balaban J connectivity index is 2.59. The number of hydrogen-bond acceptors (Lipinski definition) is 2. The zero-order valence-corrected chi connectivity index (χ0v) is 15.0. The van der Waals surface area contributed by atoms with Crippen LogP contribution in [0.3, 0.4) is 0 Å². The van der Waals surface area contributed by atoms with Gasteiger partial charge in [-0.15, -0.1) is 0 Å². The first-order valence-corrected chi connectivity index (χ1v) is 8.44. The molecule has 1 aromatic carbocycles. The topological polar surface area (TPSA) is 34.9 Å². The van der Waals surface area contributed by atoms with E-state index in [0.717, 1.165) is 6.33 Å². The average molecular weight is 459 g/mol. The second kappa shape index (κ2) is 6.29. The van der Waals surface area contributed by atoms with Crippen molar-refractivity contribution < 1.29 is 13.0 Å². The van der Waals surface area contributed by atoms with E-state index in [1.807, 2.05) is 0 Å². The lowest BCUT2D eigenvalue weighted by Gasteiger charge is -2.10. The van der Waals surface area contributed by atoms with E-state index in [9.17, 15) is 13.0 Å². The summed E-state index contributed by atoms with van der Waals surface area (Å²) in [4.78, 5) is 3.66. The fourth-order valence-corrected chi connectivity index (χ4v) is 4.12. The molecule has 21 heavy (non-hydrogen) atoms. The minimum atomic E-state index is -3.95. The van der Waals surface area contributed by atoms with Gasteiger partial charge in [0.1, 0.15) is 10.9 Å². The van der Waals surface area contributed by atoms with Crippen molar-refractivity contribution in [3.63, 3.8) is 0 Å². The molecule has 0 saturated heterocycles. The van der Waals surface area contributed by atoms with Crippen molar-refractivity contribution in [2.75, 3.05) is 0 Å². The van der Waals surface area contributed by atoms with Crippen LogP contribution in [0.25, 0.3) is 5.69 Å². The van der Waals surface area contributed by atoms with Crippen LogP contribution < -0.4 is 0 Å². The summed E-state index contributed by atoms with van der Waals surface area (Å²) in [6.07, 6.45) is 1.14. The van der Waals surface area contributed by atoms with Crippen LogP contribution in [0.1, 0.15) is 0 Å². The van der Waals surface area contributed by atoms with Crippen LogP contribution in [0.5, 0.6) is 0 Å². The molecule has 0 saturated carbocycles. The smallest absolute Gasteiger partial charge is 0.289 e. The normalized spacial score (nSPS) is 13.5. The average Bonchev–Trinajstić information content (AvgIpc) is 2.68. The third kappa shape index (κ3) is 3.54. The molecule has 114 valence electrons. The number of benzene rings is 1. The van der Waals surface area contributed by atoms with E-state index in [0.29, 0.717) is 5.02 Å². The summed E-state index contributed by atoms with van der Waals surface area (Å²) in [5, 5.41) is 0.208. The molecule has 3 nitrogen and oxygen atoms in total. The standard InChI is InChI=1S/C10H3BrCl4F2N2OS/c11-8-9(21(20)10(15,16)17)18-3-19(8)7-5(13)1-4(12)2-6(7)14/h1-3H. The second-order valence-corrected chi connectivity index (χ2v) is 7.78. The lowest BCUT2D eigenvalue weighted by atomic mass is 10.3. The van der Waals surface area contributed by atoms with Crippen molar-refractivity contribution in [2.24, 2.45) is 0 Å². The van der Waals surface area contributed by atoms with E-state index < -0.39 is 20.5 Å². The minimum absolute atomic E-state index is 0.00715. The minimum Gasteiger partial charge on any atom is -0.289 e. The highest BCUT2D eigenvalue weighted by Gasteiger charge is 2.38. The van der Waals surface area contributed by atoms with E-state index in [4.69, 9.17) is 46.4 Å². The van der Waals surface area contributed by atoms with Crippen molar-refractivity contribution in [1.82, 2.24) is 9.55 Å². The van der Waals surface area contributed by atoms with Gasteiger partial charge in [0.2, 0.25) is 0 Å². The molecular weight excluding hydrogens is 456 g/mol. The molecule has 0 aliphatic carbocycles. The number of alkyl halides is 3. The Morgan fingerprint density at radius 1 is 1.24 bits per heavy atom. The molecule has 1 unspecified atom stereocenters. The molecule has 0 N–H and O–H groups in total. The highest BCUT2D eigenvalue weighted by molar-refractivity contribution is 9.10. The molecule has 1 heterocycles. The number of imidazole rings is 1.